The highest BCUT2D eigenvalue weighted by Gasteiger charge is 2.40. The quantitative estimate of drug-likeness (QED) is 0.674. The number of piperidine rings is 1. The lowest BCUT2D eigenvalue weighted by Crippen LogP contribution is -2.57. The van der Waals surface area contributed by atoms with Crippen molar-refractivity contribution in [2.24, 2.45) is 5.41 Å². The summed E-state index contributed by atoms with van der Waals surface area (Å²) in [7, 11) is 0. The van der Waals surface area contributed by atoms with E-state index in [4.69, 9.17) is 0 Å². The minimum atomic E-state index is -0.491. The highest BCUT2D eigenvalue weighted by Crippen LogP contribution is 2.32. The Hall–Kier alpha value is -0.610. The molecule has 18 heavy (non-hydrogen) atoms. The van der Waals surface area contributed by atoms with Crippen LogP contribution in [0.1, 0.15) is 52.9 Å². The fourth-order valence-electron chi connectivity index (χ4n) is 2.61. The molecular weight excluding hydrogens is 228 g/mol. The van der Waals surface area contributed by atoms with Gasteiger partial charge in [-0.3, -0.25) is 4.79 Å². The summed E-state index contributed by atoms with van der Waals surface area (Å²) >= 11 is 0. The molecule has 1 rings (SSSR count). The molecule has 2 unspecified atom stereocenters. The average Bonchev–Trinajstić information content (AvgIpc) is 2.40. The summed E-state index contributed by atoms with van der Waals surface area (Å²) in [5.74, 6) is 0.106. The fourth-order valence-corrected chi connectivity index (χ4v) is 2.61. The molecular formula is C14H28N2O2. The number of aliphatic hydroxyl groups is 1. The lowest BCUT2D eigenvalue weighted by molar-refractivity contribution is -0.135. The van der Waals surface area contributed by atoms with Crippen LogP contribution >= 0.6 is 0 Å². The molecule has 1 heterocycles. The third-order valence-corrected chi connectivity index (χ3v) is 4.23. The van der Waals surface area contributed by atoms with Crippen LogP contribution in [0.25, 0.3) is 0 Å². The minimum absolute atomic E-state index is 0.00905. The molecule has 0 aromatic carbocycles. The second-order valence-electron chi connectivity index (χ2n) is 5.84. The number of carbonyl (C=O) groups excluding carboxylic acids is 1. The summed E-state index contributed by atoms with van der Waals surface area (Å²) in [6.45, 7) is 7.77. The highest BCUT2D eigenvalue weighted by atomic mass is 16.3. The molecule has 1 amide bonds. The number of rotatable bonds is 6. The van der Waals surface area contributed by atoms with Crippen LogP contribution in [0.3, 0.4) is 0 Å². The zero-order valence-electron chi connectivity index (χ0n) is 12.0. The second-order valence-corrected chi connectivity index (χ2v) is 5.84. The van der Waals surface area contributed by atoms with Gasteiger partial charge in [0.25, 0.3) is 0 Å². The maximum absolute atomic E-state index is 12.6. The van der Waals surface area contributed by atoms with Crippen molar-refractivity contribution in [2.75, 3.05) is 19.7 Å². The first kappa shape index (κ1) is 15.4. The largest absolute Gasteiger partial charge is 0.394 e. The van der Waals surface area contributed by atoms with Gasteiger partial charge in [0.15, 0.2) is 0 Å². The van der Waals surface area contributed by atoms with Gasteiger partial charge in [-0.25, -0.2) is 0 Å². The Kier molecular flexibility index (Phi) is 5.60. The van der Waals surface area contributed by atoms with Crippen LogP contribution in [-0.2, 0) is 4.79 Å². The number of hydrogen-bond acceptors (Lipinski definition) is 3. The summed E-state index contributed by atoms with van der Waals surface area (Å²) in [5, 5.41) is 15.8. The van der Waals surface area contributed by atoms with Crippen LogP contribution in [0.5, 0.6) is 0 Å². The van der Waals surface area contributed by atoms with Crippen molar-refractivity contribution in [1.29, 1.82) is 0 Å². The van der Waals surface area contributed by atoms with Gasteiger partial charge in [-0.05, 0) is 39.2 Å². The minimum Gasteiger partial charge on any atom is -0.394 e. The van der Waals surface area contributed by atoms with E-state index < -0.39 is 5.54 Å². The summed E-state index contributed by atoms with van der Waals surface area (Å²) in [6.07, 6.45) is 4.67. The first-order valence-electron chi connectivity index (χ1n) is 7.16. The first-order chi connectivity index (χ1) is 8.52. The zero-order valence-corrected chi connectivity index (χ0v) is 12.0. The summed E-state index contributed by atoms with van der Waals surface area (Å²) < 4.78 is 0. The molecule has 3 N–H and O–H groups in total. The van der Waals surface area contributed by atoms with Gasteiger partial charge in [0, 0.05) is 6.54 Å². The van der Waals surface area contributed by atoms with E-state index in [2.05, 4.69) is 17.6 Å². The van der Waals surface area contributed by atoms with Gasteiger partial charge >= 0.3 is 0 Å². The monoisotopic (exact) mass is 256 g/mol. The van der Waals surface area contributed by atoms with Crippen LogP contribution in [0.2, 0.25) is 0 Å². The normalized spacial score (nSPS) is 27.6. The molecule has 0 aromatic rings. The van der Waals surface area contributed by atoms with Gasteiger partial charge < -0.3 is 15.7 Å². The van der Waals surface area contributed by atoms with Crippen molar-refractivity contribution in [3.63, 3.8) is 0 Å². The molecule has 0 aromatic heterocycles. The molecule has 1 aliphatic rings. The molecule has 0 bridgehead atoms. The SMILES string of the molecule is CCCC1(C(=O)NC(C)(CC)CO)CCCNC1. The summed E-state index contributed by atoms with van der Waals surface area (Å²) in [5.41, 5.74) is -0.770. The summed E-state index contributed by atoms with van der Waals surface area (Å²) in [4.78, 5) is 12.6. The van der Waals surface area contributed by atoms with E-state index in [0.717, 1.165) is 45.2 Å². The van der Waals surface area contributed by atoms with Crippen molar-refractivity contribution < 1.29 is 9.90 Å². The van der Waals surface area contributed by atoms with E-state index >= 15 is 0 Å². The maximum Gasteiger partial charge on any atom is 0.228 e. The van der Waals surface area contributed by atoms with Crippen LogP contribution in [0.15, 0.2) is 0 Å². The number of hydrogen-bond donors (Lipinski definition) is 3. The first-order valence-corrected chi connectivity index (χ1v) is 7.16. The third-order valence-electron chi connectivity index (χ3n) is 4.23. The Balaban J connectivity index is 2.76. The van der Waals surface area contributed by atoms with Gasteiger partial charge in [0.1, 0.15) is 0 Å². The Morgan fingerprint density at radius 2 is 2.22 bits per heavy atom. The smallest absolute Gasteiger partial charge is 0.228 e. The number of carbonyl (C=O) groups is 1. The van der Waals surface area contributed by atoms with E-state index in [1.165, 1.54) is 0 Å². The Labute approximate surface area is 111 Å². The zero-order chi connectivity index (χ0) is 13.6. The number of nitrogens with one attached hydrogen (secondary N) is 2. The van der Waals surface area contributed by atoms with E-state index in [1.807, 2.05) is 13.8 Å². The Bertz CT molecular complexity index is 263. The standard InChI is InChI=1S/C14H28N2O2/c1-4-7-14(8-6-9-15-10-14)12(18)16-13(3,5-2)11-17/h15,17H,4-11H2,1-3H3,(H,16,18). The summed E-state index contributed by atoms with van der Waals surface area (Å²) in [6, 6.07) is 0. The van der Waals surface area contributed by atoms with Gasteiger partial charge in [0.05, 0.1) is 17.6 Å². The van der Waals surface area contributed by atoms with Gasteiger partial charge in [-0.1, -0.05) is 20.3 Å². The lowest BCUT2D eigenvalue weighted by Gasteiger charge is -2.39. The second kappa shape index (κ2) is 6.53. The van der Waals surface area contributed by atoms with Gasteiger partial charge in [-0.2, -0.15) is 0 Å². The van der Waals surface area contributed by atoms with Crippen LogP contribution in [0, 0.1) is 5.41 Å². The number of aliphatic hydroxyl groups excluding tert-OH is 1. The fraction of sp³-hybridized carbons (Fsp3) is 0.929. The molecule has 4 nitrogen and oxygen atoms in total. The highest BCUT2D eigenvalue weighted by molar-refractivity contribution is 5.83. The molecule has 0 saturated carbocycles. The van der Waals surface area contributed by atoms with E-state index in [0.29, 0.717) is 0 Å². The van der Waals surface area contributed by atoms with E-state index in [1.54, 1.807) is 0 Å². The predicted octanol–water partition coefficient (Wildman–Crippen LogP) is 1.43. The van der Waals surface area contributed by atoms with Crippen LogP contribution in [0.4, 0.5) is 0 Å². The Morgan fingerprint density at radius 3 is 2.67 bits per heavy atom. The molecule has 1 aliphatic heterocycles. The van der Waals surface area contributed by atoms with E-state index in [9.17, 15) is 9.90 Å². The van der Waals surface area contributed by atoms with Crippen LogP contribution < -0.4 is 10.6 Å². The molecule has 2 atom stereocenters. The molecule has 0 spiro atoms. The lowest BCUT2D eigenvalue weighted by atomic mass is 9.75. The average molecular weight is 256 g/mol. The number of amides is 1. The predicted molar refractivity (Wildman–Crippen MR) is 73.4 cm³/mol. The Morgan fingerprint density at radius 1 is 1.50 bits per heavy atom. The van der Waals surface area contributed by atoms with Gasteiger partial charge in [0.2, 0.25) is 5.91 Å². The van der Waals surface area contributed by atoms with Crippen molar-refractivity contribution in [3.8, 4) is 0 Å². The van der Waals surface area contributed by atoms with Crippen molar-refractivity contribution in [1.82, 2.24) is 10.6 Å². The maximum atomic E-state index is 12.6. The van der Waals surface area contributed by atoms with Gasteiger partial charge in [-0.15, -0.1) is 0 Å². The molecule has 1 fully saturated rings. The molecule has 0 aliphatic carbocycles. The molecule has 4 heteroatoms. The van der Waals surface area contributed by atoms with Crippen molar-refractivity contribution >= 4 is 5.91 Å². The molecule has 106 valence electrons. The van der Waals surface area contributed by atoms with Crippen molar-refractivity contribution in [2.45, 2.75) is 58.4 Å². The molecule has 0 radical (unpaired) electrons. The van der Waals surface area contributed by atoms with E-state index in [-0.39, 0.29) is 17.9 Å². The molecule has 1 saturated heterocycles. The topological polar surface area (TPSA) is 61.4 Å². The van der Waals surface area contributed by atoms with Crippen molar-refractivity contribution in [3.05, 3.63) is 0 Å². The van der Waals surface area contributed by atoms with Crippen LogP contribution in [-0.4, -0.2) is 36.2 Å². The third kappa shape index (κ3) is 3.45.